The van der Waals surface area contributed by atoms with E-state index in [1.807, 2.05) is 13.0 Å². The third-order valence-corrected chi connectivity index (χ3v) is 5.49. The molecule has 0 aliphatic heterocycles. The number of halogens is 1. The van der Waals surface area contributed by atoms with Crippen molar-refractivity contribution < 1.29 is 23.4 Å². The van der Waals surface area contributed by atoms with E-state index >= 15 is 0 Å². The van der Waals surface area contributed by atoms with E-state index in [4.69, 9.17) is 9.15 Å². The second kappa shape index (κ2) is 9.75. The van der Waals surface area contributed by atoms with Crippen LogP contribution in [0.1, 0.15) is 42.6 Å². The lowest BCUT2D eigenvalue weighted by atomic mass is 9.99. The van der Waals surface area contributed by atoms with Crippen LogP contribution in [0.5, 0.6) is 5.75 Å². The topological polar surface area (TPSA) is 88.8 Å². The Kier molecular flexibility index (Phi) is 7.07. The minimum absolute atomic E-state index is 0.0355. The zero-order valence-electron chi connectivity index (χ0n) is 17.8. The first kappa shape index (κ1) is 22.5. The van der Waals surface area contributed by atoms with Crippen molar-refractivity contribution in [2.24, 2.45) is 0 Å². The Morgan fingerprint density at radius 2 is 2.00 bits per heavy atom. The number of benzene rings is 2. The highest BCUT2D eigenvalue weighted by Gasteiger charge is 2.24. The zero-order chi connectivity index (χ0) is 22.5. The molecule has 0 radical (unpaired) electrons. The zero-order valence-corrected chi connectivity index (χ0v) is 17.8. The smallest absolute Gasteiger partial charge is 0.339 e. The Balaban J connectivity index is 1.72. The summed E-state index contributed by atoms with van der Waals surface area (Å²) < 4.78 is 24.6. The number of carbonyl (C=O) groups excluding carboxylic acids is 1. The van der Waals surface area contributed by atoms with Gasteiger partial charge < -0.3 is 19.6 Å². The first-order valence-electron chi connectivity index (χ1n) is 10.2. The van der Waals surface area contributed by atoms with Crippen molar-refractivity contribution in [3.05, 3.63) is 75.4 Å². The van der Waals surface area contributed by atoms with Crippen molar-refractivity contribution >= 4 is 16.9 Å². The normalized spacial score (nSPS) is 13.1. The second-order valence-electron chi connectivity index (χ2n) is 7.40. The standard InChI is InChI=1S/C24H26FNO5/c1-4-20(23(28)18-7-5-6-8-19(18)25)26-22(27)12-11-17-14(2)16-10-9-15(30-3)13-21(16)31-24(17)29/h5-10,13,20,23,28H,4,11-12H2,1-3H3,(H,26,27). The van der Waals surface area contributed by atoms with Gasteiger partial charge >= 0.3 is 5.63 Å². The first-order valence-corrected chi connectivity index (χ1v) is 10.2. The van der Waals surface area contributed by atoms with Gasteiger partial charge in [-0.1, -0.05) is 25.1 Å². The molecule has 0 saturated carbocycles. The second-order valence-corrected chi connectivity index (χ2v) is 7.40. The summed E-state index contributed by atoms with van der Waals surface area (Å²) in [5.41, 5.74) is 1.24. The van der Waals surface area contributed by atoms with Crippen LogP contribution in [0, 0.1) is 12.7 Å². The predicted octanol–water partition coefficient (Wildman–Crippen LogP) is 3.81. The number of hydrogen-bond donors (Lipinski definition) is 2. The molecule has 6 nitrogen and oxygen atoms in total. The van der Waals surface area contributed by atoms with Gasteiger partial charge in [0.1, 0.15) is 23.3 Å². The Hall–Kier alpha value is -3.19. The van der Waals surface area contributed by atoms with Crippen LogP contribution >= 0.6 is 0 Å². The Bertz CT molecular complexity index is 1140. The molecular formula is C24H26FNO5. The molecule has 0 fully saturated rings. The third-order valence-electron chi connectivity index (χ3n) is 5.49. The third kappa shape index (κ3) is 4.94. The van der Waals surface area contributed by atoms with Gasteiger partial charge in [-0.3, -0.25) is 4.79 Å². The largest absolute Gasteiger partial charge is 0.497 e. The van der Waals surface area contributed by atoms with Gasteiger partial charge in [0, 0.05) is 29.0 Å². The number of methoxy groups -OCH3 is 1. The molecule has 0 bridgehead atoms. The average molecular weight is 427 g/mol. The summed E-state index contributed by atoms with van der Waals surface area (Å²) in [6.07, 6.45) is -0.528. The molecule has 164 valence electrons. The Labute approximate surface area is 179 Å². The van der Waals surface area contributed by atoms with Crippen LogP contribution in [0.4, 0.5) is 4.39 Å². The molecular weight excluding hydrogens is 401 g/mol. The lowest BCUT2D eigenvalue weighted by Crippen LogP contribution is -2.39. The number of aliphatic hydroxyl groups is 1. The highest BCUT2D eigenvalue weighted by molar-refractivity contribution is 5.82. The van der Waals surface area contributed by atoms with E-state index in [9.17, 15) is 19.1 Å². The number of ether oxygens (including phenoxy) is 1. The number of aliphatic hydroxyl groups excluding tert-OH is 1. The van der Waals surface area contributed by atoms with Gasteiger partial charge in [0.05, 0.1) is 13.2 Å². The summed E-state index contributed by atoms with van der Waals surface area (Å²) in [6, 6.07) is 10.5. The van der Waals surface area contributed by atoms with Crippen molar-refractivity contribution in [1.29, 1.82) is 0 Å². The molecule has 2 aromatic carbocycles. The van der Waals surface area contributed by atoms with E-state index in [1.165, 1.54) is 19.2 Å². The van der Waals surface area contributed by atoms with Gasteiger partial charge in [0.15, 0.2) is 0 Å². The molecule has 0 aliphatic carbocycles. The van der Waals surface area contributed by atoms with Crippen molar-refractivity contribution in [2.45, 2.75) is 45.3 Å². The fourth-order valence-corrected chi connectivity index (χ4v) is 3.64. The van der Waals surface area contributed by atoms with E-state index in [2.05, 4.69) is 5.32 Å². The molecule has 7 heteroatoms. The number of hydrogen-bond acceptors (Lipinski definition) is 5. The molecule has 2 unspecified atom stereocenters. The molecule has 0 saturated heterocycles. The minimum atomic E-state index is -1.17. The number of aryl methyl sites for hydroxylation is 1. The van der Waals surface area contributed by atoms with Crippen molar-refractivity contribution in [3.63, 3.8) is 0 Å². The van der Waals surface area contributed by atoms with E-state index in [0.29, 0.717) is 23.3 Å². The molecule has 3 aromatic rings. The lowest BCUT2D eigenvalue weighted by Gasteiger charge is -2.23. The number of fused-ring (bicyclic) bond motifs is 1. The molecule has 1 heterocycles. The predicted molar refractivity (Wildman–Crippen MR) is 116 cm³/mol. The molecule has 3 rings (SSSR count). The van der Waals surface area contributed by atoms with Gasteiger partial charge in [0.2, 0.25) is 5.91 Å². The van der Waals surface area contributed by atoms with Gasteiger partial charge in [-0.05, 0) is 43.5 Å². The van der Waals surface area contributed by atoms with E-state index < -0.39 is 23.6 Å². The van der Waals surface area contributed by atoms with Crippen LogP contribution in [-0.4, -0.2) is 24.2 Å². The summed E-state index contributed by atoms with van der Waals surface area (Å²) in [4.78, 5) is 25.0. The molecule has 1 amide bonds. The van der Waals surface area contributed by atoms with Crippen LogP contribution < -0.4 is 15.7 Å². The number of carbonyl (C=O) groups is 1. The van der Waals surface area contributed by atoms with E-state index in [0.717, 1.165) is 10.9 Å². The first-order chi connectivity index (χ1) is 14.8. The highest BCUT2D eigenvalue weighted by atomic mass is 19.1. The quantitative estimate of drug-likeness (QED) is 0.534. The molecule has 0 aliphatic rings. The maximum atomic E-state index is 14.0. The lowest BCUT2D eigenvalue weighted by molar-refractivity contribution is -0.122. The van der Waals surface area contributed by atoms with Gasteiger partial charge in [0.25, 0.3) is 0 Å². The van der Waals surface area contributed by atoms with Crippen LogP contribution in [0.2, 0.25) is 0 Å². The van der Waals surface area contributed by atoms with Crippen LogP contribution in [0.25, 0.3) is 11.0 Å². The number of amides is 1. The van der Waals surface area contributed by atoms with Crippen molar-refractivity contribution in [3.8, 4) is 5.75 Å². The summed E-state index contributed by atoms with van der Waals surface area (Å²) in [5, 5.41) is 14.0. The summed E-state index contributed by atoms with van der Waals surface area (Å²) >= 11 is 0. The summed E-state index contributed by atoms with van der Waals surface area (Å²) in [6.45, 7) is 3.61. The van der Waals surface area contributed by atoms with Crippen LogP contribution in [0.3, 0.4) is 0 Å². The molecule has 2 atom stereocenters. The Morgan fingerprint density at radius 3 is 2.68 bits per heavy atom. The van der Waals surface area contributed by atoms with Crippen LogP contribution in [0.15, 0.2) is 51.7 Å². The van der Waals surface area contributed by atoms with Crippen molar-refractivity contribution in [2.75, 3.05) is 7.11 Å². The molecule has 31 heavy (non-hydrogen) atoms. The van der Waals surface area contributed by atoms with E-state index in [-0.39, 0.29) is 24.3 Å². The highest BCUT2D eigenvalue weighted by Crippen LogP contribution is 2.25. The summed E-state index contributed by atoms with van der Waals surface area (Å²) in [7, 11) is 1.53. The maximum absolute atomic E-state index is 14.0. The SMILES string of the molecule is CCC(NC(=O)CCc1c(C)c2ccc(OC)cc2oc1=O)C(O)c1ccccc1F. The molecule has 1 aromatic heterocycles. The fourth-order valence-electron chi connectivity index (χ4n) is 3.64. The minimum Gasteiger partial charge on any atom is -0.497 e. The number of nitrogens with one attached hydrogen (secondary N) is 1. The monoisotopic (exact) mass is 427 g/mol. The van der Waals surface area contributed by atoms with Crippen molar-refractivity contribution in [1.82, 2.24) is 5.32 Å². The fraction of sp³-hybridized carbons (Fsp3) is 0.333. The Morgan fingerprint density at radius 1 is 1.26 bits per heavy atom. The summed E-state index contributed by atoms with van der Waals surface area (Å²) in [5.74, 6) is -0.277. The van der Waals surface area contributed by atoms with Gasteiger partial charge in [-0.25, -0.2) is 9.18 Å². The van der Waals surface area contributed by atoms with Crippen LogP contribution in [-0.2, 0) is 11.2 Å². The number of rotatable bonds is 8. The maximum Gasteiger partial charge on any atom is 0.339 e. The molecule has 0 spiro atoms. The van der Waals surface area contributed by atoms with Gasteiger partial charge in [-0.2, -0.15) is 0 Å². The van der Waals surface area contributed by atoms with E-state index in [1.54, 1.807) is 31.2 Å². The molecule has 2 N–H and O–H groups in total. The van der Waals surface area contributed by atoms with Gasteiger partial charge in [-0.15, -0.1) is 0 Å². The average Bonchev–Trinajstić information content (AvgIpc) is 2.76.